The van der Waals surface area contributed by atoms with E-state index in [1.54, 1.807) is 19.3 Å². The topological polar surface area (TPSA) is 72.5 Å². The van der Waals surface area contributed by atoms with Gasteiger partial charge in [0.1, 0.15) is 5.75 Å². The molecule has 1 rings (SSSR count). The molecule has 11 heteroatoms. The van der Waals surface area contributed by atoms with Crippen molar-refractivity contribution in [3.05, 3.63) is 91.1 Å². The number of benzene rings is 1. The van der Waals surface area contributed by atoms with Crippen LogP contribution in [0.2, 0.25) is 72.5 Å². The number of ether oxygens (including phenoxy) is 2. The van der Waals surface area contributed by atoms with E-state index in [0.29, 0.717) is 13.2 Å². The molecule has 0 amide bonds. The molecule has 0 fully saturated rings. The van der Waals surface area contributed by atoms with Crippen LogP contribution in [0.25, 0.3) is 0 Å². The van der Waals surface area contributed by atoms with E-state index in [0.717, 1.165) is 24.2 Å². The number of allylic oxidation sites excluding steroid dienone is 4. The van der Waals surface area contributed by atoms with E-state index in [1.807, 2.05) is 37.3 Å². The zero-order valence-corrected chi connectivity index (χ0v) is 56.2. The van der Waals surface area contributed by atoms with Crippen LogP contribution < -0.4 is 4.74 Å². The summed E-state index contributed by atoms with van der Waals surface area (Å²) in [5, 5.41) is 0.278. The lowest BCUT2D eigenvalue weighted by Gasteiger charge is -2.43. The van der Waals surface area contributed by atoms with Gasteiger partial charge in [-0.3, -0.25) is 4.79 Å². The van der Waals surface area contributed by atoms with Crippen molar-refractivity contribution in [2.45, 2.75) is 241 Å². The van der Waals surface area contributed by atoms with Crippen molar-refractivity contribution in [3.8, 4) is 5.75 Å². The highest BCUT2D eigenvalue weighted by Crippen LogP contribution is 2.43. The highest BCUT2D eigenvalue weighted by Gasteiger charge is 2.44. The molecule has 0 aliphatic carbocycles. The largest absolute Gasteiger partial charge is 0.497 e. The molecule has 0 radical (unpaired) electrons. The van der Waals surface area contributed by atoms with E-state index in [4.69, 9.17) is 27.2 Å². The van der Waals surface area contributed by atoms with Gasteiger partial charge in [-0.1, -0.05) is 192 Å². The average Bonchev–Trinajstić information content (AvgIpc) is 3.25. The Balaban J connectivity index is 3.68. The Kier molecular flexibility index (Phi) is 27.1. The van der Waals surface area contributed by atoms with Gasteiger partial charge in [0.25, 0.3) is 0 Å². The van der Waals surface area contributed by atoms with E-state index in [9.17, 15) is 4.79 Å². The Morgan fingerprint density at radius 1 is 0.589 bits per heavy atom. The molecule has 73 heavy (non-hydrogen) atoms. The van der Waals surface area contributed by atoms with Crippen LogP contribution in [-0.4, -0.2) is 77.2 Å². The molecule has 1 aromatic rings. The minimum atomic E-state index is -2.22. The molecule has 7 nitrogen and oxygen atoms in total. The summed E-state index contributed by atoms with van der Waals surface area (Å²) < 4.78 is 40.7. The molecule has 0 bridgehead atoms. The van der Waals surface area contributed by atoms with Crippen molar-refractivity contribution in [2.24, 2.45) is 35.5 Å². The average molecular weight is 1080 g/mol. The molecule has 0 saturated carbocycles. The number of hydrogen-bond donors (Lipinski definition) is 0. The Labute approximate surface area is 455 Å². The number of rotatable bonds is 30. The van der Waals surface area contributed by atoms with Gasteiger partial charge in [0, 0.05) is 18.3 Å². The second-order valence-corrected chi connectivity index (χ2v) is 46.9. The molecular formula is C62H114O7Si4. The smallest absolute Gasteiger partial charge is 0.192 e. The monoisotopic (exact) mass is 1080 g/mol. The Bertz CT molecular complexity index is 1920. The molecular weight excluding hydrogens is 969 g/mol. The summed E-state index contributed by atoms with van der Waals surface area (Å²) in [7, 11) is -6.82. The van der Waals surface area contributed by atoms with E-state index < -0.39 is 33.3 Å². The SMILES string of the molecule is C=C/C=C/[C@H](C)[C@H](OCc1ccc(OC)cc1)[C@@H](C)C(=O)/C=C/[C@H](C)C[C@H](C)[C@@H](O[Si](C)(C)C(C)(C)C)[C@@H](C)C=C[C@H](C[C@H](O[Si](C)(C)C(C)(C)C)[C@H](C)/C=C/CO[Si](C)(C)C(C)(C)C)O[Si](C)(C)C(C)(C)C. The van der Waals surface area contributed by atoms with Gasteiger partial charge < -0.3 is 27.2 Å². The maximum Gasteiger partial charge on any atom is 0.192 e. The van der Waals surface area contributed by atoms with Gasteiger partial charge in [0.05, 0.1) is 44.7 Å². The number of methoxy groups -OCH3 is 1. The number of hydrogen-bond acceptors (Lipinski definition) is 7. The molecule has 0 spiro atoms. The molecule has 0 saturated heterocycles. The number of carbonyl (C=O) groups excluding carboxylic acids is 1. The standard InChI is InChI=1S/C62H114O7Si4/c1-29-30-32-48(4)58(65-45-52-36-39-53(64-20)40-37-52)51(7)55(63)41-34-46(2)43-50(6)57(69-73(27,28)62(17,18)19)49(5)35-38-54(67-71(23,24)60(11,12)13)44-56(68-72(25,26)61(14,15)16)47(3)33-31-42-66-70(21,22)59(8,9)10/h29-41,46-51,54,56-58H,1,42-45H2,2-28H3/b32-30+,33-31+,38-35?,41-34+/t46-,47+,48-,49-,50-,51-,54+,56-,57-,58-/m0/s1. The first-order valence-electron chi connectivity index (χ1n) is 27.8. The first-order chi connectivity index (χ1) is 33.0. The molecule has 420 valence electrons. The van der Waals surface area contributed by atoms with Crippen LogP contribution in [0.1, 0.15) is 143 Å². The van der Waals surface area contributed by atoms with Gasteiger partial charge in [-0.25, -0.2) is 0 Å². The summed E-state index contributed by atoms with van der Waals surface area (Å²) in [5.74, 6) is 1.13. The molecule has 0 unspecified atom stereocenters. The first kappa shape index (κ1) is 69.1. The van der Waals surface area contributed by atoms with Crippen molar-refractivity contribution < 1.29 is 32.0 Å². The van der Waals surface area contributed by atoms with Crippen LogP contribution in [0.15, 0.2) is 85.5 Å². The second-order valence-electron chi connectivity index (χ2n) is 27.9. The van der Waals surface area contributed by atoms with Crippen molar-refractivity contribution >= 4 is 39.1 Å². The van der Waals surface area contributed by atoms with Crippen molar-refractivity contribution in [1.29, 1.82) is 0 Å². The fraction of sp³-hybridized carbons (Fsp3) is 0.726. The van der Waals surface area contributed by atoms with Crippen LogP contribution in [0.5, 0.6) is 5.75 Å². The lowest BCUT2D eigenvalue weighted by molar-refractivity contribution is -0.124. The number of ketones is 1. The molecule has 1 aromatic carbocycles. The fourth-order valence-corrected chi connectivity index (χ4v) is 12.9. The van der Waals surface area contributed by atoms with Crippen LogP contribution in [0.4, 0.5) is 0 Å². The van der Waals surface area contributed by atoms with Crippen LogP contribution >= 0.6 is 0 Å². The summed E-state index contributed by atoms with van der Waals surface area (Å²) >= 11 is 0. The van der Waals surface area contributed by atoms with Gasteiger partial charge >= 0.3 is 0 Å². The summed E-state index contributed by atoms with van der Waals surface area (Å²) in [6.45, 7) is 64.8. The van der Waals surface area contributed by atoms with Gasteiger partial charge in [-0.15, -0.1) is 0 Å². The van der Waals surface area contributed by atoms with E-state index >= 15 is 0 Å². The minimum absolute atomic E-state index is 0.00375. The third kappa shape index (κ3) is 22.5. The molecule has 0 N–H and O–H groups in total. The molecule has 0 aliphatic rings. The lowest BCUT2D eigenvalue weighted by Crippen LogP contribution is -2.48. The minimum Gasteiger partial charge on any atom is -0.497 e. The zero-order chi connectivity index (χ0) is 56.8. The normalized spacial score (nSPS) is 18.5. The maximum absolute atomic E-state index is 14.0. The summed E-state index contributed by atoms with van der Waals surface area (Å²) in [6.07, 6.45) is 20.1. The molecule has 10 atom stereocenters. The van der Waals surface area contributed by atoms with Crippen molar-refractivity contribution in [1.82, 2.24) is 0 Å². The first-order valence-corrected chi connectivity index (χ1v) is 39.5. The van der Waals surface area contributed by atoms with E-state index in [-0.39, 0.29) is 85.9 Å². The predicted octanol–water partition coefficient (Wildman–Crippen LogP) is 18.4. The second kappa shape index (κ2) is 28.6. The molecule has 0 heterocycles. The lowest BCUT2D eigenvalue weighted by atomic mass is 9.85. The third-order valence-corrected chi connectivity index (χ3v) is 35.2. The molecule has 0 aromatic heterocycles. The Morgan fingerprint density at radius 2 is 1.08 bits per heavy atom. The zero-order valence-electron chi connectivity index (χ0n) is 52.2. The summed E-state index contributed by atoms with van der Waals surface area (Å²) in [5.41, 5.74) is 1.03. The van der Waals surface area contributed by atoms with Crippen molar-refractivity contribution in [2.75, 3.05) is 13.7 Å². The van der Waals surface area contributed by atoms with E-state index in [2.05, 4.69) is 213 Å². The van der Waals surface area contributed by atoms with Crippen molar-refractivity contribution in [3.63, 3.8) is 0 Å². The fourth-order valence-electron chi connectivity index (χ4n) is 7.81. The third-order valence-electron chi connectivity index (χ3n) is 17.2. The van der Waals surface area contributed by atoms with Gasteiger partial charge in [0.2, 0.25) is 0 Å². The van der Waals surface area contributed by atoms with Gasteiger partial charge in [-0.2, -0.15) is 0 Å². The molecule has 0 aliphatic heterocycles. The summed E-state index contributed by atoms with van der Waals surface area (Å²) in [6, 6.07) is 7.88. The van der Waals surface area contributed by atoms with Crippen LogP contribution in [0, 0.1) is 35.5 Å². The Hall–Kier alpha value is -1.94. The quantitative estimate of drug-likeness (QED) is 0.0329. The predicted molar refractivity (Wildman–Crippen MR) is 327 cm³/mol. The van der Waals surface area contributed by atoms with Gasteiger partial charge in [-0.05, 0) is 126 Å². The van der Waals surface area contributed by atoms with Gasteiger partial charge in [0.15, 0.2) is 39.1 Å². The Morgan fingerprint density at radius 3 is 1.58 bits per heavy atom. The summed E-state index contributed by atoms with van der Waals surface area (Å²) in [4.78, 5) is 14.0. The highest BCUT2D eigenvalue weighted by atomic mass is 28.4. The van der Waals surface area contributed by atoms with Crippen LogP contribution in [-0.2, 0) is 33.8 Å². The number of carbonyl (C=O) groups is 1. The van der Waals surface area contributed by atoms with Crippen LogP contribution in [0.3, 0.4) is 0 Å². The maximum atomic E-state index is 14.0. The highest BCUT2D eigenvalue weighted by molar-refractivity contribution is 6.75. The van der Waals surface area contributed by atoms with E-state index in [1.165, 1.54) is 0 Å².